The van der Waals surface area contributed by atoms with Crippen molar-refractivity contribution in [1.29, 1.82) is 0 Å². The molecule has 1 aromatic heterocycles. The minimum Gasteiger partial charge on any atom is -0.481 e. The van der Waals surface area contributed by atoms with Crippen molar-refractivity contribution >= 4 is 23.0 Å². The molecule has 166 valence electrons. The molecule has 3 aromatic rings. The third-order valence-corrected chi connectivity index (χ3v) is 6.03. The van der Waals surface area contributed by atoms with Gasteiger partial charge in [-0.15, -0.1) is 0 Å². The van der Waals surface area contributed by atoms with Gasteiger partial charge in [-0.25, -0.2) is 9.59 Å². The Morgan fingerprint density at radius 2 is 1.94 bits per heavy atom. The number of piperidine rings is 1. The van der Waals surface area contributed by atoms with Crippen LogP contribution in [0.15, 0.2) is 57.7 Å². The van der Waals surface area contributed by atoms with Gasteiger partial charge in [0.05, 0.1) is 5.92 Å². The molecule has 1 aliphatic rings. The summed E-state index contributed by atoms with van der Waals surface area (Å²) in [5.41, 5.74) is 3.73. The van der Waals surface area contributed by atoms with Gasteiger partial charge in [-0.2, -0.15) is 0 Å². The zero-order chi connectivity index (χ0) is 22.8. The molecule has 1 fully saturated rings. The molecular formula is C25H26N2O5. The number of fused-ring (bicyclic) bond motifs is 1. The van der Waals surface area contributed by atoms with Gasteiger partial charge in [0.15, 0.2) is 0 Å². The van der Waals surface area contributed by atoms with E-state index in [1.807, 2.05) is 43.3 Å². The first-order valence-electron chi connectivity index (χ1n) is 10.7. The number of carboxylic acids is 1. The number of rotatable bonds is 4. The molecule has 0 radical (unpaired) electrons. The van der Waals surface area contributed by atoms with E-state index in [4.69, 9.17) is 4.42 Å². The van der Waals surface area contributed by atoms with Crippen LogP contribution < -0.4 is 5.63 Å². The molecule has 0 bridgehead atoms. The summed E-state index contributed by atoms with van der Waals surface area (Å²) in [5.74, 6) is -1.38. The monoisotopic (exact) mass is 434 g/mol. The molecule has 7 heteroatoms. The summed E-state index contributed by atoms with van der Waals surface area (Å²) in [5, 5.41) is 10.1. The predicted octanol–water partition coefficient (Wildman–Crippen LogP) is 4.12. The van der Waals surface area contributed by atoms with Crippen molar-refractivity contribution in [1.82, 2.24) is 9.80 Å². The Labute approximate surface area is 185 Å². The fourth-order valence-electron chi connectivity index (χ4n) is 4.34. The minimum absolute atomic E-state index is 0.203. The maximum atomic E-state index is 12.9. The van der Waals surface area contributed by atoms with Crippen LogP contribution in [0.5, 0.6) is 0 Å². The van der Waals surface area contributed by atoms with Crippen molar-refractivity contribution in [3.63, 3.8) is 0 Å². The summed E-state index contributed by atoms with van der Waals surface area (Å²) in [6.45, 7) is 3.10. The summed E-state index contributed by atoms with van der Waals surface area (Å²) in [7, 11) is 1.69. The van der Waals surface area contributed by atoms with Crippen LogP contribution in [0, 0.1) is 12.8 Å². The van der Waals surface area contributed by atoms with E-state index in [2.05, 4.69) is 0 Å². The van der Waals surface area contributed by atoms with E-state index in [1.54, 1.807) is 22.9 Å². The van der Waals surface area contributed by atoms with Crippen LogP contribution in [0.3, 0.4) is 0 Å². The van der Waals surface area contributed by atoms with Crippen molar-refractivity contribution in [2.24, 2.45) is 5.92 Å². The van der Waals surface area contributed by atoms with E-state index >= 15 is 0 Å². The summed E-state index contributed by atoms with van der Waals surface area (Å²) >= 11 is 0. The molecule has 0 aliphatic carbocycles. The number of carboxylic acid groups (broad SMARTS) is 1. The molecule has 1 aliphatic heterocycles. The SMILES string of the molecule is Cc1ccccc1-c1cc(=O)oc2cc(CN(C)C(=O)N3CCC[C@@H](C(=O)O)C3)ccc12. The lowest BCUT2D eigenvalue weighted by Gasteiger charge is -2.33. The van der Waals surface area contributed by atoms with Gasteiger partial charge in [-0.1, -0.05) is 36.4 Å². The Balaban J connectivity index is 1.58. The number of hydrogen-bond acceptors (Lipinski definition) is 4. The van der Waals surface area contributed by atoms with Gasteiger partial charge in [0.2, 0.25) is 0 Å². The average molecular weight is 434 g/mol. The maximum absolute atomic E-state index is 12.9. The zero-order valence-corrected chi connectivity index (χ0v) is 18.2. The maximum Gasteiger partial charge on any atom is 0.336 e. The Morgan fingerprint density at radius 1 is 1.16 bits per heavy atom. The van der Waals surface area contributed by atoms with Crippen LogP contribution in [-0.4, -0.2) is 47.0 Å². The number of carbonyl (C=O) groups is 2. The first kappa shape index (κ1) is 21.6. The molecule has 0 saturated carbocycles. The lowest BCUT2D eigenvalue weighted by Crippen LogP contribution is -2.47. The van der Waals surface area contributed by atoms with E-state index in [-0.39, 0.29) is 12.6 Å². The molecule has 2 heterocycles. The average Bonchev–Trinajstić information content (AvgIpc) is 2.78. The lowest BCUT2D eigenvalue weighted by molar-refractivity contribution is -0.143. The van der Waals surface area contributed by atoms with E-state index < -0.39 is 17.5 Å². The topological polar surface area (TPSA) is 91.1 Å². The molecule has 2 aromatic carbocycles. The molecular weight excluding hydrogens is 408 g/mol. The fraction of sp³-hybridized carbons (Fsp3) is 0.320. The van der Waals surface area contributed by atoms with Gasteiger partial charge in [-0.3, -0.25) is 4.79 Å². The molecule has 2 amide bonds. The number of amides is 2. The molecule has 0 spiro atoms. The van der Waals surface area contributed by atoms with Crippen LogP contribution in [-0.2, 0) is 11.3 Å². The Bertz CT molecular complexity index is 1230. The second-order valence-electron chi connectivity index (χ2n) is 8.39. The normalized spacial score (nSPS) is 16.2. The van der Waals surface area contributed by atoms with Crippen LogP contribution in [0.2, 0.25) is 0 Å². The highest BCUT2D eigenvalue weighted by Crippen LogP contribution is 2.30. The fourth-order valence-corrected chi connectivity index (χ4v) is 4.34. The third kappa shape index (κ3) is 4.37. The number of urea groups is 1. The van der Waals surface area contributed by atoms with E-state index in [0.29, 0.717) is 31.5 Å². The highest BCUT2D eigenvalue weighted by Gasteiger charge is 2.29. The van der Waals surface area contributed by atoms with Crippen molar-refractivity contribution < 1.29 is 19.1 Å². The van der Waals surface area contributed by atoms with Crippen molar-refractivity contribution in [2.45, 2.75) is 26.3 Å². The number of carbonyl (C=O) groups excluding carboxylic acids is 1. The van der Waals surface area contributed by atoms with E-state index in [0.717, 1.165) is 27.6 Å². The smallest absolute Gasteiger partial charge is 0.336 e. The Kier molecular flexibility index (Phi) is 5.99. The Hall–Kier alpha value is -3.61. The van der Waals surface area contributed by atoms with E-state index in [1.165, 1.54) is 6.07 Å². The largest absolute Gasteiger partial charge is 0.481 e. The van der Waals surface area contributed by atoms with Gasteiger partial charge in [0, 0.05) is 43.7 Å². The van der Waals surface area contributed by atoms with Gasteiger partial charge in [0.25, 0.3) is 0 Å². The van der Waals surface area contributed by atoms with Crippen molar-refractivity contribution in [3.05, 3.63) is 70.1 Å². The second-order valence-corrected chi connectivity index (χ2v) is 8.39. The second kappa shape index (κ2) is 8.86. The molecule has 1 N–H and O–H groups in total. The van der Waals surface area contributed by atoms with Gasteiger partial charge in [0.1, 0.15) is 5.58 Å². The van der Waals surface area contributed by atoms with Gasteiger partial charge >= 0.3 is 17.6 Å². The van der Waals surface area contributed by atoms with Crippen molar-refractivity contribution in [3.8, 4) is 11.1 Å². The number of hydrogen-bond donors (Lipinski definition) is 1. The summed E-state index contributed by atoms with van der Waals surface area (Å²) in [4.78, 5) is 39.5. The van der Waals surface area contributed by atoms with E-state index in [9.17, 15) is 19.5 Å². The van der Waals surface area contributed by atoms with Crippen molar-refractivity contribution in [2.75, 3.05) is 20.1 Å². The van der Waals surface area contributed by atoms with Crippen LogP contribution in [0.25, 0.3) is 22.1 Å². The number of nitrogens with zero attached hydrogens (tertiary/aromatic N) is 2. The number of aryl methyl sites for hydroxylation is 1. The minimum atomic E-state index is -0.862. The van der Waals surface area contributed by atoms with Crippen LogP contribution >= 0.6 is 0 Å². The first-order valence-corrected chi connectivity index (χ1v) is 10.7. The standard InChI is InChI=1S/C25H26N2O5/c1-16-6-3-4-8-19(16)21-13-23(28)32-22-12-17(9-10-20(21)22)14-26(2)25(31)27-11-5-7-18(15-27)24(29)30/h3-4,6,8-10,12-13,18H,5,7,11,14-15H2,1-2H3,(H,29,30)/t18-/m1/s1. The first-order chi connectivity index (χ1) is 15.3. The lowest BCUT2D eigenvalue weighted by atomic mass is 9.97. The van der Waals surface area contributed by atoms with Crippen LogP contribution in [0.4, 0.5) is 4.79 Å². The van der Waals surface area contributed by atoms with Crippen LogP contribution in [0.1, 0.15) is 24.0 Å². The summed E-state index contributed by atoms with van der Waals surface area (Å²) in [6.07, 6.45) is 1.27. The highest BCUT2D eigenvalue weighted by molar-refractivity contribution is 5.94. The zero-order valence-electron chi connectivity index (χ0n) is 18.2. The molecule has 1 saturated heterocycles. The number of likely N-dealkylation sites (tertiary alicyclic amines) is 1. The highest BCUT2D eigenvalue weighted by atomic mass is 16.4. The van der Waals surface area contributed by atoms with Gasteiger partial charge < -0.3 is 19.3 Å². The molecule has 7 nitrogen and oxygen atoms in total. The molecule has 32 heavy (non-hydrogen) atoms. The Morgan fingerprint density at radius 3 is 2.69 bits per heavy atom. The van der Waals surface area contributed by atoms with Gasteiger partial charge in [-0.05, 0) is 42.5 Å². The number of aliphatic carboxylic acids is 1. The molecule has 1 atom stereocenters. The third-order valence-electron chi connectivity index (χ3n) is 6.03. The molecule has 4 rings (SSSR count). The predicted molar refractivity (Wildman–Crippen MR) is 121 cm³/mol. The summed E-state index contributed by atoms with van der Waals surface area (Å²) < 4.78 is 5.47. The summed E-state index contributed by atoms with van der Waals surface area (Å²) in [6, 6.07) is 14.8. The number of benzene rings is 2. The quantitative estimate of drug-likeness (QED) is 0.624. The molecule has 0 unspecified atom stereocenters.